The lowest BCUT2D eigenvalue weighted by Gasteiger charge is -2.07. The number of amides is 1. The van der Waals surface area contributed by atoms with Gasteiger partial charge in [0, 0.05) is 5.56 Å². The third-order valence-corrected chi connectivity index (χ3v) is 4.30. The molecular weight excluding hydrogens is 373 g/mol. The molecule has 0 aliphatic carbocycles. The van der Waals surface area contributed by atoms with E-state index in [-0.39, 0.29) is 24.9 Å². The molecule has 29 heavy (non-hydrogen) atoms. The number of nitrogens with zero attached hydrogens (tertiary/aromatic N) is 4. The van der Waals surface area contributed by atoms with Gasteiger partial charge in [0.2, 0.25) is 0 Å². The fourth-order valence-corrected chi connectivity index (χ4v) is 2.73. The first-order chi connectivity index (χ1) is 14.1. The Morgan fingerprint density at radius 1 is 1.03 bits per heavy atom. The molecular formula is C21H18FN5O2. The van der Waals surface area contributed by atoms with Crippen LogP contribution in [0.3, 0.4) is 0 Å². The number of aromatic nitrogens is 4. The first kappa shape index (κ1) is 18.5. The van der Waals surface area contributed by atoms with Crippen LogP contribution in [0.25, 0.3) is 16.9 Å². The number of benzene rings is 2. The second-order valence-corrected chi connectivity index (χ2v) is 6.49. The maximum absolute atomic E-state index is 12.9. The third kappa shape index (κ3) is 4.37. The van der Waals surface area contributed by atoms with Crippen LogP contribution in [0, 0.1) is 12.7 Å². The van der Waals surface area contributed by atoms with E-state index >= 15 is 0 Å². The zero-order valence-electron chi connectivity index (χ0n) is 15.7. The third-order valence-electron chi connectivity index (χ3n) is 4.30. The van der Waals surface area contributed by atoms with Crippen LogP contribution in [-0.2, 0) is 11.3 Å². The Hall–Kier alpha value is -3.81. The Balaban J connectivity index is 1.42. The number of fused-ring (bicyclic) bond motifs is 1. The van der Waals surface area contributed by atoms with Gasteiger partial charge in [-0.3, -0.25) is 4.79 Å². The standard InChI is InChI=1S/C21H18FN5O2/c1-14-2-4-15(5-3-14)18-10-11-19-24-25-20(27(19)26-18)12-23-21(28)13-29-17-8-6-16(22)7-9-17/h2-11H,12-13H2,1H3,(H,23,28). The Kier molecular flexibility index (Phi) is 5.15. The summed E-state index contributed by atoms with van der Waals surface area (Å²) in [6.07, 6.45) is 0. The summed E-state index contributed by atoms with van der Waals surface area (Å²) in [5.74, 6) is 0.224. The van der Waals surface area contributed by atoms with Gasteiger partial charge in [0.05, 0.1) is 12.2 Å². The van der Waals surface area contributed by atoms with E-state index in [9.17, 15) is 9.18 Å². The first-order valence-electron chi connectivity index (χ1n) is 9.02. The van der Waals surface area contributed by atoms with Crippen molar-refractivity contribution in [1.29, 1.82) is 0 Å². The quantitative estimate of drug-likeness (QED) is 0.547. The molecule has 8 heteroatoms. The lowest BCUT2D eigenvalue weighted by molar-refractivity contribution is -0.123. The number of hydrogen-bond donors (Lipinski definition) is 1. The average Bonchev–Trinajstić information content (AvgIpc) is 3.14. The minimum atomic E-state index is -0.363. The van der Waals surface area contributed by atoms with Crippen molar-refractivity contribution < 1.29 is 13.9 Å². The number of aryl methyl sites for hydroxylation is 1. The smallest absolute Gasteiger partial charge is 0.258 e. The zero-order valence-corrected chi connectivity index (χ0v) is 15.7. The summed E-state index contributed by atoms with van der Waals surface area (Å²) in [7, 11) is 0. The van der Waals surface area contributed by atoms with Gasteiger partial charge in [-0.25, -0.2) is 4.39 Å². The van der Waals surface area contributed by atoms with Crippen LogP contribution in [-0.4, -0.2) is 32.3 Å². The van der Waals surface area contributed by atoms with Crippen molar-refractivity contribution in [2.45, 2.75) is 13.5 Å². The van der Waals surface area contributed by atoms with Crippen LogP contribution in [0.4, 0.5) is 4.39 Å². The molecule has 1 amide bonds. The zero-order chi connectivity index (χ0) is 20.2. The summed E-state index contributed by atoms with van der Waals surface area (Å²) in [4.78, 5) is 12.0. The molecule has 4 aromatic rings. The van der Waals surface area contributed by atoms with E-state index in [2.05, 4.69) is 20.6 Å². The molecule has 0 saturated heterocycles. The first-order valence-corrected chi connectivity index (χ1v) is 9.02. The van der Waals surface area contributed by atoms with E-state index in [1.807, 2.05) is 43.3 Å². The number of halogens is 1. The Bertz CT molecular complexity index is 1140. The van der Waals surface area contributed by atoms with Crippen molar-refractivity contribution in [3.8, 4) is 17.0 Å². The molecule has 0 atom stereocenters. The van der Waals surface area contributed by atoms with Gasteiger partial charge in [-0.15, -0.1) is 10.2 Å². The van der Waals surface area contributed by atoms with Crippen LogP contribution < -0.4 is 10.1 Å². The molecule has 0 fully saturated rings. The highest BCUT2D eigenvalue weighted by molar-refractivity contribution is 5.77. The predicted molar refractivity (Wildman–Crippen MR) is 105 cm³/mol. The van der Waals surface area contributed by atoms with Gasteiger partial charge in [-0.1, -0.05) is 29.8 Å². The Morgan fingerprint density at radius 3 is 2.55 bits per heavy atom. The Labute approximate surface area is 166 Å². The van der Waals surface area contributed by atoms with E-state index in [1.54, 1.807) is 4.52 Å². The second kappa shape index (κ2) is 8.05. The molecule has 2 aromatic carbocycles. The van der Waals surface area contributed by atoms with E-state index < -0.39 is 0 Å². The predicted octanol–water partition coefficient (Wildman–Crippen LogP) is 2.93. The van der Waals surface area contributed by atoms with Crippen molar-refractivity contribution in [3.05, 3.63) is 77.9 Å². The molecule has 0 aliphatic heterocycles. The number of carbonyl (C=O) groups is 1. The van der Waals surface area contributed by atoms with Crippen molar-refractivity contribution in [2.75, 3.05) is 6.61 Å². The van der Waals surface area contributed by atoms with Gasteiger partial charge in [0.1, 0.15) is 11.6 Å². The summed E-state index contributed by atoms with van der Waals surface area (Å²) in [6.45, 7) is 1.99. The topological polar surface area (TPSA) is 81.4 Å². The van der Waals surface area contributed by atoms with Gasteiger partial charge >= 0.3 is 0 Å². The van der Waals surface area contributed by atoms with Gasteiger partial charge in [-0.2, -0.15) is 9.61 Å². The van der Waals surface area contributed by atoms with Crippen molar-refractivity contribution in [1.82, 2.24) is 25.1 Å². The second-order valence-electron chi connectivity index (χ2n) is 6.49. The van der Waals surface area contributed by atoms with Gasteiger partial charge in [0.15, 0.2) is 18.1 Å². The summed E-state index contributed by atoms with van der Waals surface area (Å²) in [5, 5.41) is 15.5. The summed E-state index contributed by atoms with van der Waals surface area (Å²) in [5.41, 5.74) is 3.52. The van der Waals surface area contributed by atoms with E-state index in [4.69, 9.17) is 4.74 Å². The van der Waals surface area contributed by atoms with Crippen molar-refractivity contribution in [2.24, 2.45) is 0 Å². The normalized spacial score (nSPS) is 10.8. The summed E-state index contributed by atoms with van der Waals surface area (Å²) in [6, 6.07) is 17.2. The number of carbonyl (C=O) groups excluding carboxylic acids is 1. The number of ether oxygens (including phenoxy) is 1. The molecule has 7 nitrogen and oxygen atoms in total. The highest BCUT2D eigenvalue weighted by atomic mass is 19.1. The van der Waals surface area contributed by atoms with Gasteiger partial charge < -0.3 is 10.1 Å². The molecule has 0 aliphatic rings. The summed E-state index contributed by atoms with van der Waals surface area (Å²) >= 11 is 0. The monoisotopic (exact) mass is 391 g/mol. The fraction of sp³-hybridized carbons (Fsp3) is 0.143. The lowest BCUT2D eigenvalue weighted by Crippen LogP contribution is -2.29. The van der Waals surface area contributed by atoms with Gasteiger partial charge in [-0.05, 0) is 43.3 Å². The number of rotatable bonds is 6. The van der Waals surface area contributed by atoms with Gasteiger partial charge in [0.25, 0.3) is 5.91 Å². The Morgan fingerprint density at radius 2 is 1.79 bits per heavy atom. The SMILES string of the molecule is Cc1ccc(-c2ccc3nnc(CNC(=O)COc4ccc(F)cc4)n3n2)cc1. The van der Waals surface area contributed by atoms with Crippen molar-refractivity contribution >= 4 is 11.6 Å². The largest absolute Gasteiger partial charge is 0.484 e. The maximum atomic E-state index is 12.9. The van der Waals surface area contributed by atoms with Crippen LogP contribution in [0.1, 0.15) is 11.4 Å². The van der Waals surface area contributed by atoms with Crippen LogP contribution in [0.2, 0.25) is 0 Å². The molecule has 0 bridgehead atoms. The fourth-order valence-electron chi connectivity index (χ4n) is 2.73. The molecule has 146 valence electrons. The van der Waals surface area contributed by atoms with E-state index in [1.165, 1.54) is 29.8 Å². The lowest BCUT2D eigenvalue weighted by atomic mass is 10.1. The van der Waals surface area contributed by atoms with Crippen LogP contribution >= 0.6 is 0 Å². The van der Waals surface area contributed by atoms with Crippen LogP contribution in [0.15, 0.2) is 60.7 Å². The molecule has 0 saturated carbocycles. The summed E-state index contributed by atoms with van der Waals surface area (Å²) < 4.78 is 19.8. The minimum absolute atomic E-state index is 0.150. The highest BCUT2D eigenvalue weighted by Crippen LogP contribution is 2.18. The molecule has 2 heterocycles. The molecule has 0 unspecified atom stereocenters. The molecule has 4 rings (SSSR count). The molecule has 2 aromatic heterocycles. The average molecular weight is 391 g/mol. The van der Waals surface area contributed by atoms with Crippen LogP contribution in [0.5, 0.6) is 5.75 Å². The van der Waals surface area contributed by atoms with E-state index in [0.29, 0.717) is 17.2 Å². The number of hydrogen-bond acceptors (Lipinski definition) is 5. The molecule has 1 N–H and O–H groups in total. The van der Waals surface area contributed by atoms with Crippen molar-refractivity contribution in [3.63, 3.8) is 0 Å². The molecule has 0 spiro atoms. The highest BCUT2D eigenvalue weighted by Gasteiger charge is 2.11. The maximum Gasteiger partial charge on any atom is 0.258 e. The number of nitrogens with one attached hydrogen (secondary N) is 1. The molecule has 0 radical (unpaired) electrons. The van der Waals surface area contributed by atoms with E-state index in [0.717, 1.165) is 11.3 Å². The minimum Gasteiger partial charge on any atom is -0.484 e.